The average Bonchev–Trinajstić information content (AvgIpc) is 3.09. The van der Waals surface area contributed by atoms with Crippen LogP contribution < -0.4 is 10.2 Å². The highest BCUT2D eigenvalue weighted by molar-refractivity contribution is 7.80. The minimum atomic E-state index is -0.497. The van der Waals surface area contributed by atoms with Crippen LogP contribution in [0, 0.1) is 13.8 Å². The van der Waals surface area contributed by atoms with E-state index in [-0.39, 0.29) is 5.91 Å². The van der Waals surface area contributed by atoms with Gasteiger partial charge >= 0.3 is 5.97 Å². The standard InChI is InChI=1S/C22H27ClN4O3S2/c1-13-6-7-15(23)12-16(13)26-8-10-27(11-9-26)22(31)24-19-17(21(29)30-5)14(2)18(32-19)20(28)25(3)4/h6-7,12H,8-11H2,1-5H3,(H,24,31). The van der Waals surface area contributed by atoms with Gasteiger partial charge in [0.2, 0.25) is 0 Å². The van der Waals surface area contributed by atoms with Crippen molar-refractivity contribution in [3.8, 4) is 0 Å². The summed E-state index contributed by atoms with van der Waals surface area (Å²) in [5, 5.41) is 4.95. The van der Waals surface area contributed by atoms with Crippen LogP contribution in [0.15, 0.2) is 18.2 Å². The molecule has 0 bridgehead atoms. The van der Waals surface area contributed by atoms with Gasteiger partial charge in [-0.25, -0.2) is 4.79 Å². The van der Waals surface area contributed by atoms with Gasteiger partial charge < -0.3 is 24.8 Å². The summed E-state index contributed by atoms with van der Waals surface area (Å²) in [4.78, 5) is 31.3. The minimum absolute atomic E-state index is 0.165. The number of aryl methyl sites for hydroxylation is 1. The van der Waals surface area contributed by atoms with Gasteiger partial charge in [-0.15, -0.1) is 11.3 Å². The Morgan fingerprint density at radius 3 is 2.44 bits per heavy atom. The molecule has 1 amide bonds. The zero-order chi connectivity index (χ0) is 23.6. The maximum atomic E-state index is 12.5. The third kappa shape index (κ3) is 5.00. The fourth-order valence-electron chi connectivity index (χ4n) is 3.61. The number of hydrogen-bond acceptors (Lipinski definition) is 6. The highest BCUT2D eigenvalue weighted by atomic mass is 35.5. The number of anilines is 2. The number of amides is 1. The molecular formula is C22H27ClN4O3S2. The summed E-state index contributed by atoms with van der Waals surface area (Å²) in [6.07, 6.45) is 0. The zero-order valence-electron chi connectivity index (χ0n) is 18.8. The lowest BCUT2D eigenvalue weighted by molar-refractivity contribution is 0.0601. The molecule has 0 spiro atoms. The van der Waals surface area contributed by atoms with Crippen LogP contribution in [0.2, 0.25) is 5.02 Å². The fourth-order valence-corrected chi connectivity index (χ4v) is 5.34. The van der Waals surface area contributed by atoms with E-state index in [1.54, 1.807) is 21.0 Å². The average molecular weight is 495 g/mol. The Morgan fingerprint density at radius 2 is 1.84 bits per heavy atom. The number of nitrogens with zero attached hydrogens (tertiary/aromatic N) is 3. The van der Waals surface area contributed by atoms with Gasteiger partial charge in [-0.05, 0) is 49.3 Å². The van der Waals surface area contributed by atoms with E-state index in [2.05, 4.69) is 22.0 Å². The maximum absolute atomic E-state index is 12.5. The van der Waals surface area contributed by atoms with E-state index in [4.69, 9.17) is 28.6 Å². The van der Waals surface area contributed by atoms with Gasteiger partial charge in [0, 0.05) is 51.0 Å². The Hall–Kier alpha value is -2.36. The van der Waals surface area contributed by atoms with Crippen molar-refractivity contribution in [3.63, 3.8) is 0 Å². The molecule has 7 nitrogen and oxygen atoms in total. The first-order valence-electron chi connectivity index (χ1n) is 10.1. The number of halogens is 1. The number of methoxy groups -OCH3 is 1. The topological polar surface area (TPSA) is 65.1 Å². The van der Waals surface area contributed by atoms with Crippen molar-refractivity contribution >= 4 is 62.8 Å². The van der Waals surface area contributed by atoms with Crippen LogP contribution in [0.25, 0.3) is 0 Å². The number of thiocarbonyl (C=S) groups is 1. The molecule has 0 atom stereocenters. The number of carbonyl (C=O) groups is 2. The number of benzene rings is 1. The lowest BCUT2D eigenvalue weighted by Crippen LogP contribution is -2.50. The summed E-state index contributed by atoms with van der Waals surface area (Å²) in [6, 6.07) is 5.91. The predicted octanol–water partition coefficient (Wildman–Crippen LogP) is 4.03. The smallest absolute Gasteiger partial charge is 0.341 e. The second-order valence-electron chi connectivity index (χ2n) is 7.79. The number of ether oxygens (including phenoxy) is 1. The molecule has 0 unspecified atom stereocenters. The van der Waals surface area contributed by atoms with Crippen molar-refractivity contribution < 1.29 is 14.3 Å². The Balaban J connectivity index is 1.75. The van der Waals surface area contributed by atoms with Crippen molar-refractivity contribution in [1.82, 2.24) is 9.80 Å². The molecule has 0 saturated carbocycles. The highest BCUT2D eigenvalue weighted by Crippen LogP contribution is 2.35. The number of piperazine rings is 1. The number of rotatable bonds is 4. The summed E-state index contributed by atoms with van der Waals surface area (Å²) in [6.45, 7) is 6.85. The lowest BCUT2D eigenvalue weighted by atomic mass is 10.1. The summed E-state index contributed by atoms with van der Waals surface area (Å²) >= 11 is 13.0. The molecule has 2 aromatic rings. The van der Waals surface area contributed by atoms with E-state index in [0.29, 0.717) is 26.1 Å². The monoisotopic (exact) mass is 494 g/mol. The molecule has 0 radical (unpaired) electrons. The molecule has 1 aliphatic rings. The first-order valence-corrected chi connectivity index (χ1v) is 11.7. The molecule has 3 rings (SSSR count). The highest BCUT2D eigenvalue weighted by Gasteiger charge is 2.28. The fraction of sp³-hybridized carbons (Fsp3) is 0.409. The lowest BCUT2D eigenvalue weighted by Gasteiger charge is -2.38. The van der Waals surface area contributed by atoms with E-state index in [1.165, 1.54) is 28.9 Å². The van der Waals surface area contributed by atoms with Crippen LogP contribution in [0.1, 0.15) is 31.2 Å². The predicted molar refractivity (Wildman–Crippen MR) is 135 cm³/mol. The molecule has 32 heavy (non-hydrogen) atoms. The van der Waals surface area contributed by atoms with Crippen LogP contribution in [-0.2, 0) is 4.74 Å². The first kappa shape index (κ1) is 24.3. The molecule has 1 aliphatic heterocycles. The van der Waals surface area contributed by atoms with Crippen LogP contribution in [0.4, 0.5) is 10.7 Å². The zero-order valence-corrected chi connectivity index (χ0v) is 21.2. The molecule has 0 aliphatic carbocycles. The van der Waals surface area contributed by atoms with Gasteiger partial charge in [0.1, 0.15) is 5.00 Å². The maximum Gasteiger partial charge on any atom is 0.341 e. The quantitative estimate of drug-likeness (QED) is 0.508. The van der Waals surface area contributed by atoms with E-state index in [1.807, 2.05) is 18.2 Å². The molecular weight excluding hydrogens is 468 g/mol. The third-order valence-corrected chi connectivity index (χ3v) is 7.23. The van der Waals surface area contributed by atoms with E-state index in [9.17, 15) is 9.59 Å². The van der Waals surface area contributed by atoms with Crippen molar-refractivity contribution in [3.05, 3.63) is 44.8 Å². The number of esters is 1. The van der Waals surface area contributed by atoms with Crippen LogP contribution in [-0.4, -0.2) is 74.2 Å². The number of thiophene rings is 1. The van der Waals surface area contributed by atoms with Crippen LogP contribution >= 0.6 is 35.2 Å². The van der Waals surface area contributed by atoms with Crippen molar-refractivity contribution in [2.75, 3.05) is 57.6 Å². The van der Waals surface area contributed by atoms with E-state index < -0.39 is 5.97 Å². The number of hydrogen-bond donors (Lipinski definition) is 1. The summed E-state index contributed by atoms with van der Waals surface area (Å²) < 4.78 is 4.95. The van der Waals surface area contributed by atoms with Gasteiger partial charge in [0.15, 0.2) is 5.11 Å². The van der Waals surface area contributed by atoms with Gasteiger partial charge in [-0.3, -0.25) is 4.79 Å². The van der Waals surface area contributed by atoms with Gasteiger partial charge in [-0.1, -0.05) is 17.7 Å². The molecule has 10 heteroatoms. The molecule has 1 aromatic carbocycles. The molecule has 1 saturated heterocycles. The molecule has 2 heterocycles. The Labute approximate surface area is 202 Å². The van der Waals surface area contributed by atoms with Crippen molar-refractivity contribution in [1.29, 1.82) is 0 Å². The van der Waals surface area contributed by atoms with Crippen LogP contribution in [0.3, 0.4) is 0 Å². The van der Waals surface area contributed by atoms with Crippen molar-refractivity contribution in [2.45, 2.75) is 13.8 Å². The first-order chi connectivity index (χ1) is 15.1. The number of carbonyl (C=O) groups excluding carboxylic acids is 2. The second-order valence-corrected chi connectivity index (χ2v) is 9.63. The summed E-state index contributed by atoms with van der Waals surface area (Å²) in [5.74, 6) is -0.662. The largest absolute Gasteiger partial charge is 0.465 e. The Kier molecular flexibility index (Phi) is 7.63. The van der Waals surface area contributed by atoms with Gasteiger partial charge in [0.05, 0.1) is 17.6 Å². The second kappa shape index (κ2) is 10.1. The third-order valence-electron chi connectivity index (χ3n) is 5.44. The molecule has 172 valence electrons. The van der Waals surface area contributed by atoms with Gasteiger partial charge in [0.25, 0.3) is 5.91 Å². The molecule has 1 fully saturated rings. The van der Waals surface area contributed by atoms with E-state index >= 15 is 0 Å². The SMILES string of the molecule is COC(=O)c1c(NC(=S)N2CCN(c3cc(Cl)ccc3C)CC2)sc(C(=O)N(C)C)c1C. The molecule has 1 N–H and O–H groups in total. The van der Waals surface area contributed by atoms with Crippen LogP contribution in [0.5, 0.6) is 0 Å². The number of nitrogens with one attached hydrogen (secondary N) is 1. The Morgan fingerprint density at radius 1 is 1.19 bits per heavy atom. The van der Waals surface area contributed by atoms with Gasteiger partial charge in [-0.2, -0.15) is 0 Å². The van der Waals surface area contributed by atoms with E-state index in [0.717, 1.165) is 36.9 Å². The Bertz CT molecular complexity index is 1050. The summed E-state index contributed by atoms with van der Waals surface area (Å²) in [5.41, 5.74) is 3.24. The summed E-state index contributed by atoms with van der Waals surface area (Å²) in [7, 11) is 4.68. The normalized spacial score (nSPS) is 13.7. The molecule has 1 aromatic heterocycles. The minimum Gasteiger partial charge on any atom is -0.465 e. The van der Waals surface area contributed by atoms with Crippen molar-refractivity contribution in [2.24, 2.45) is 0 Å².